The highest BCUT2D eigenvalue weighted by molar-refractivity contribution is 7.18. The maximum atomic E-state index is 3.90. The summed E-state index contributed by atoms with van der Waals surface area (Å²) in [7, 11) is 4.10. The highest BCUT2D eigenvalue weighted by atomic mass is 79.9. The fraction of sp³-hybridized carbons (Fsp3) is 0.160. The van der Waals surface area contributed by atoms with E-state index in [0.29, 0.717) is 0 Å². The Bertz CT molecular complexity index is 1040. The highest BCUT2D eigenvalue weighted by Crippen LogP contribution is 2.22. The molecule has 29 heavy (non-hydrogen) atoms. The van der Waals surface area contributed by atoms with Crippen LogP contribution in [0.4, 0.5) is 5.69 Å². The van der Waals surface area contributed by atoms with Crippen molar-refractivity contribution in [3.8, 4) is 0 Å². The van der Waals surface area contributed by atoms with E-state index in [0.717, 1.165) is 6.54 Å². The number of benzene rings is 2. The molecule has 0 bridgehead atoms. The van der Waals surface area contributed by atoms with Gasteiger partial charge in [0.2, 0.25) is 5.52 Å². The summed E-state index contributed by atoms with van der Waals surface area (Å²) in [6.45, 7) is 6.85. The molecule has 0 N–H and O–H groups in total. The van der Waals surface area contributed by atoms with Crippen molar-refractivity contribution in [3.05, 3.63) is 95.6 Å². The molecular weight excluding hydrogens is 440 g/mol. The van der Waals surface area contributed by atoms with Gasteiger partial charge in [0.25, 0.3) is 5.01 Å². The molecule has 1 aromatic heterocycles. The summed E-state index contributed by atoms with van der Waals surface area (Å²) in [6.07, 6.45) is 14.5. The molecule has 0 radical (unpaired) electrons. The maximum Gasteiger partial charge on any atom is 0.263 e. The third kappa shape index (κ3) is 6.02. The van der Waals surface area contributed by atoms with E-state index in [9.17, 15) is 0 Å². The van der Waals surface area contributed by atoms with Gasteiger partial charge >= 0.3 is 0 Å². The van der Waals surface area contributed by atoms with Crippen molar-refractivity contribution in [1.82, 2.24) is 0 Å². The number of rotatable bonds is 7. The van der Waals surface area contributed by atoms with E-state index in [1.807, 2.05) is 17.4 Å². The average Bonchev–Trinajstić information content (AvgIpc) is 3.02. The number of aromatic nitrogens is 1. The van der Waals surface area contributed by atoms with Crippen LogP contribution in [0.5, 0.6) is 0 Å². The molecule has 0 aliphatic carbocycles. The summed E-state index contributed by atoms with van der Waals surface area (Å²) in [6, 6.07) is 15.1. The molecule has 0 saturated heterocycles. The SMILES string of the molecule is C=CC[n+]1c(/C=C/C=C/C=C/c2ccc(N(C)C)cc2)sc2ccc(C)cc21.[Br-]. The van der Waals surface area contributed by atoms with Gasteiger partial charge in [0.1, 0.15) is 4.70 Å². The first-order valence-electron chi connectivity index (χ1n) is 9.41. The first kappa shape index (κ1) is 22.9. The van der Waals surface area contributed by atoms with Crippen molar-refractivity contribution >= 4 is 39.4 Å². The Morgan fingerprint density at radius 3 is 2.31 bits per heavy atom. The minimum atomic E-state index is 0. The molecule has 0 spiro atoms. The van der Waals surface area contributed by atoms with Gasteiger partial charge in [-0.3, -0.25) is 0 Å². The zero-order valence-electron chi connectivity index (χ0n) is 17.2. The first-order chi connectivity index (χ1) is 13.6. The Morgan fingerprint density at radius 1 is 0.966 bits per heavy atom. The molecule has 3 rings (SSSR count). The van der Waals surface area contributed by atoms with Crippen molar-refractivity contribution in [1.29, 1.82) is 0 Å². The molecule has 2 nitrogen and oxygen atoms in total. The van der Waals surface area contributed by atoms with Crippen molar-refractivity contribution in [2.24, 2.45) is 0 Å². The second-order valence-electron chi connectivity index (χ2n) is 6.90. The zero-order chi connectivity index (χ0) is 19.9. The van der Waals surface area contributed by atoms with Gasteiger partial charge in [-0.05, 0) is 42.3 Å². The molecule has 0 amide bonds. The molecule has 0 aliphatic heterocycles. The normalized spacial score (nSPS) is 11.6. The molecule has 2 aromatic carbocycles. The number of allylic oxidation sites excluding steroid dienone is 5. The van der Waals surface area contributed by atoms with Crippen LogP contribution >= 0.6 is 11.3 Å². The van der Waals surface area contributed by atoms with Crippen LogP contribution < -0.4 is 26.4 Å². The minimum absolute atomic E-state index is 0. The lowest BCUT2D eigenvalue weighted by Crippen LogP contribution is -3.00. The number of thiazole rings is 1. The van der Waals surface area contributed by atoms with Gasteiger partial charge < -0.3 is 21.9 Å². The predicted octanol–water partition coefficient (Wildman–Crippen LogP) is 3.04. The van der Waals surface area contributed by atoms with E-state index in [1.165, 1.54) is 32.0 Å². The molecular formula is C25H27BrN2S. The Balaban J connectivity index is 0.00000300. The van der Waals surface area contributed by atoms with E-state index in [-0.39, 0.29) is 17.0 Å². The summed E-state index contributed by atoms with van der Waals surface area (Å²) in [5.41, 5.74) is 4.96. The van der Waals surface area contributed by atoms with Gasteiger partial charge in [-0.1, -0.05) is 66.5 Å². The summed E-state index contributed by atoms with van der Waals surface area (Å²) in [5.74, 6) is 0. The second-order valence-corrected chi connectivity index (χ2v) is 7.96. The van der Waals surface area contributed by atoms with E-state index < -0.39 is 0 Å². The maximum absolute atomic E-state index is 3.90. The van der Waals surface area contributed by atoms with Crippen LogP contribution in [0.1, 0.15) is 16.1 Å². The van der Waals surface area contributed by atoms with Crippen LogP contribution in [0.15, 0.2) is 79.4 Å². The van der Waals surface area contributed by atoms with Crippen LogP contribution in [-0.4, -0.2) is 14.1 Å². The van der Waals surface area contributed by atoms with Crippen molar-refractivity contribution in [2.75, 3.05) is 19.0 Å². The van der Waals surface area contributed by atoms with Gasteiger partial charge in [0, 0.05) is 31.9 Å². The van der Waals surface area contributed by atoms with E-state index in [1.54, 1.807) is 0 Å². The van der Waals surface area contributed by atoms with E-state index in [4.69, 9.17) is 0 Å². The molecule has 0 saturated carbocycles. The molecule has 0 aliphatic rings. The third-order valence-electron chi connectivity index (χ3n) is 4.47. The largest absolute Gasteiger partial charge is 1.00 e. The Kier molecular flexibility index (Phi) is 8.62. The third-order valence-corrected chi connectivity index (χ3v) is 5.60. The van der Waals surface area contributed by atoms with Crippen LogP contribution in [0.3, 0.4) is 0 Å². The monoisotopic (exact) mass is 466 g/mol. The van der Waals surface area contributed by atoms with Crippen molar-refractivity contribution < 1.29 is 21.5 Å². The number of aryl methyl sites for hydroxylation is 1. The number of fused-ring (bicyclic) bond motifs is 1. The molecule has 0 fully saturated rings. The minimum Gasteiger partial charge on any atom is -1.00 e. The Labute approximate surface area is 188 Å². The number of hydrogen-bond donors (Lipinski definition) is 0. The molecule has 0 atom stereocenters. The lowest BCUT2D eigenvalue weighted by atomic mass is 10.2. The van der Waals surface area contributed by atoms with E-state index >= 15 is 0 Å². The van der Waals surface area contributed by atoms with Crippen LogP contribution in [0.2, 0.25) is 0 Å². The van der Waals surface area contributed by atoms with Gasteiger partial charge in [-0.2, -0.15) is 4.57 Å². The van der Waals surface area contributed by atoms with Gasteiger partial charge in [-0.15, -0.1) is 0 Å². The number of halogens is 1. The molecule has 150 valence electrons. The average molecular weight is 467 g/mol. The first-order valence-corrected chi connectivity index (χ1v) is 10.2. The lowest BCUT2D eigenvalue weighted by Gasteiger charge is -2.11. The van der Waals surface area contributed by atoms with Gasteiger partial charge in [0.15, 0.2) is 6.54 Å². The van der Waals surface area contributed by atoms with Crippen molar-refractivity contribution in [2.45, 2.75) is 13.5 Å². The van der Waals surface area contributed by atoms with Crippen LogP contribution in [0.25, 0.3) is 22.4 Å². The molecule has 0 unspecified atom stereocenters. The fourth-order valence-electron chi connectivity index (χ4n) is 2.97. The quantitative estimate of drug-likeness (QED) is 0.295. The molecule has 3 aromatic rings. The topological polar surface area (TPSA) is 7.12 Å². The van der Waals surface area contributed by atoms with Gasteiger partial charge in [-0.25, -0.2) is 0 Å². The zero-order valence-corrected chi connectivity index (χ0v) is 19.6. The van der Waals surface area contributed by atoms with Gasteiger partial charge in [0.05, 0.1) is 0 Å². The highest BCUT2D eigenvalue weighted by Gasteiger charge is 2.16. The Morgan fingerprint density at radius 2 is 1.66 bits per heavy atom. The number of nitrogens with zero attached hydrogens (tertiary/aromatic N) is 2. The number of anilines is 1. The van der Waals surface area contributed by atoms with Crippen LogP contribution in [-0.2, 0) is 6.54 Å². The van der Waals surface area contributed by atoms with Crippen LogP contribution in [0, 0.1) is 6.92 Å². The molecule has 4 heteroatoms. The summed E-state index contributed by atoms with van der Waals surface area (Å²) in [5, 5.41) is 1.23. The second kappa shape index (κ2) is 10.9. The predicted molar refractivity (Wildman–Crippen MR) is 125 cm³/mol. The summed E-state index contributed by atoms with van der Waals surface area (Å²) in [4.78, 5) is 2.10. The standard InChI is InChI=1S/C25H27N2S.BrH/c1-5-18-27-23-19-20(2)12-17-24(23)28-25(27)11-9-7-6-8-10-21-13-15-22(16-14-21)26(3)4;/h5-17,19H,1,18H2,2-4H3;1H/q+1;/p-1. The Hall–Kier alpha value is -2.43. The lowest BCUT2D eigenvalue weighted by molar-refractivity contribution is -0.658. The molecule has 1 heterocycles. The number of hydrogen-bond acceptors (Lipinski definition) is 2. The fourth-order valence-corrected chi connectivity index (χ4v) is 4.03. The smallest absolute Gasteiger partial charge is 0.263 e. The summed E-state index contributed by atoms with van der Waals surface area (Å²) >= 11 is 1.81. The van der Waals surface area contributed by atoms with E-state index in [2.05, 4.69) is 116 Å². The summed E-state index contributed by atoms with van der Waals surface area (Å²) < 4.78 is 3.61. The van der Waals surface area contributed by atoms with Crippen molar-refractivity contribution in [3.63, 3.8) is 0 Å².